The van der Waals surface area contributed by atoms with E-state index in [1.807, 2.05) is 0 Å². The molecule has 214 valence electrons. The second-order valence-corrected chi connectivity index (χ2v) is 10.7. The van der Waals surface area contributed by atoms with Gasteiger partial charge in [-0.2, -0.15) is 5.09 Å². The molecule has 1 fully saturated rings. The van der Waals surface area contributed by atoms with Gasteiger partial charge in [0.25, 0.3) is 0 Å². The molecule has 0 saturated carbocycles. The zero-order valence-electron chi connectivity index (χ0n) is 21.6. The van der Waals surface area contributed by atoms with Crippen molar-refractivity contribution in [2.24, 2.45) is 5.11 Å². The Morgan fingerprint density at radius 1 is 1.35 bits per heavy atom. The quantitative estimate of drug-likeness (QED) is 0.0981. The molecule has 6 atom stereocenters. The smallest absolute Gasteiger partial charge is 0.459 e. The summed E-state index contributed by atoms with van der Waals surface area (Å²) < 4.78 is 52.3. The van der Waals surface area contributed by atoms with Crippen molar-refractivity contribution in [1.82, 2.24) is 24.6 Å². The van der Waals surface area contributed by atoms with E-state index in [2.05, 4.69) is 30.1 Å². The summed E-state index contributed by atoms with van der Waals surface area (Å²) in [6.45, 7) is 3.68. The molecule has 1 saturated heterocycles. The van der Waals surface area contributed by atoms with Crippen molar-refractivity contribution in [2.45, 2.75) is 57.1 Å². The second-order valence-electron chi connectivity index (χ2n) is 9.03. The maximum absolute atomic E-state index is 15.5. The summed E-state index contributed by atoms with van der Waals surface area (Å²) in [5.74, 6) is -0.635. The Hall–Kier alpha value is -3.85. The first-order valence-electron chi connectivity index (χ1n) is 12.0. The number of aromatic nitrogens is 4. The van der Waals surface area contributed by atoms with Crippen LogP contribution >= 0.6 is 7.75 Å². The number of nitrogens with two attached hydrogens (primary N) is 1. The number of aliphatic hydroxyl groups is 1. The number of imidazole rings is 1. The first-order valence-corrected chi connectivity index (χ1v) is 13.5. The normalized spacial score (nSPS) is 24.8. The van der Waals surface area contributed by atoms with Crippen LogP contribution in [0.4, 0.5) is 10.2 Å². The molecule has 1 aromatic carbocycles. The van der Waals surface area contributed by atoms with Crippen LogP contribution in [0.25, 0.3) is 21.6 Å². The van der Waals surface area contributed by atoms with E-state index in [1.54, 1.807) is 32.0 Å². The first kappa shape index (κ1) is 29.1. The van der Waals surface area contributed by atoms with Crippen molar-refractivity contribution < 1.29 is 37.4 Å². The summed E-state index contributed by atoms with van der Waals surface area (Å²) in [6.07, 6.45) is -4.05. The number of esters is 1. The van der Waals surface area contributed by atoms with E-state index in [0.717, 1.165) is 10.9 Å². The van der Waals surface area contributed by atoms with E-state index in [1.165, 1.54) is 25.4 Å². The zero-order chi connectivity index (χ0) is 29.1. The number of azide groups is 1. The number of aliphatic hydroxyl groups excluding tert-OH is 1. The molecular weight excluding hydrogens is 552 g/mol. The van der Waals surface area contributed by atoms with Crippen LogP contribution in [0.15, 0.2) is 48.1 Å². The highest BCUT2D eigenvalue weighted by atomic mass is 31.2. The number of nitrogens with one attached hydrogen (secondary N) is 1. The molecule has 0 amide bonds. The molecule has 2 aromatic heterocycles. The van der Waals surface area contributed by atoms with E-state index in [-0.39, 0.29) is 22.7 Å². The van der Waals surface area contributed by atoms with Crippen LogP contribution < -0.4 is 15.3 Å². The maximum Gasteiger partial charge on any atom is 0.459 e. The lowest BCUT2D eigenvalue weighted by Crippen LogP contribution is -2.45. The molecule has 0 radical (unpaired) electrons. The third-order valence-electron chi connectivity index (χ3n) is 5.70. The Bertz CT molecular complexity index is 1450. The maximum atomic E-state index is 15.5. The highest BCUT2D eigenvalue weighted by Gasteiger charge is 2.57. The molecule has 3 heterocycles. The Morgan fingerprint density at radius 2 is 2.08 bits per heavy atom. The topological polar surface area (TPSA) is 222 Å². The van der Waals surface area contributed by atoms with Crippen LogP contribution in [0.1, 0.15) is 27.0 Å². The summed E-state index contributed by atoms with van der Waals surface area (Å²) >= 11 is 0. The van der Waals surface area contributed by atoms with Crippen molar-refractivity contribution in [3.05, 3.63) is 53.4 Å². The van der Waals surface area contributed by atoms with Crippen molar-refractivity contribution in [2.75, 3.05) is 12.3 Å². The molecule has 16 nitrogen and oxygen atoms in total. The van der Waals surface area contributed by atoms with Gasteiger partial charge in [0.15, 0.2) is 23.9 Å². The number of halogens is 1. The van der Waals surface area contributed by atoms with Gasteiger partial charge in [0.2, 0.25) is 5.72 Å². The molecule has 1 aliphatic rings. The second kappa shape index (κ2) is 11.7. The van der Waals surface area contributed by atoms with E-state index in [9.17, 15) is 20.0 Å². The Kier molecular flexibility index (Phi) is 8.54. The monoisotopic (exact) mass is 579 g/mol. The van der Waals surface area contributed by atoms with Gasteiger partial charge in [-0.3, -0.25) is 13.9 Å². The fourth-order valence-corrected chi connectivity index (χ4v) is 5.35. The lowest BCUT2D eigenvalue weighted by Gasteiger charge is -2.29. The van der Waals surface area contributed by atoms with Crippen LogP contribution in [-0.2, 0) is 23.4 Å². The summed E-state index contributed by atoms with van der Waals surface area (Å²) in [5.41, 5.74) is 12.9. The fraction of sp³-hybridized carbons (Fsp3) is 0.455. The van der Waals surface area contributed by atoms with Gasteiger partial charge in [0.1, 0.15) is 29.7 Å². The third kappa shape index (κ3) is 5.99. The van der Waals surface area contributed by atoms with E-state index >= 15 is 4.39 Å². The number of fused-ring (bicyclic) bond motifs is 1. The number of benzene rings is 1. The number of nitrogens with zero attached hydrogens (tertiary/aromatic N) is 7. The van der Waals surface area contributed by atoms with Crippen LogP contribution in [0.5, 0.6) is 5.75 Å². The molecule has 4 rings (SSSR count). The summed E-state index contributed by atoms with van der Waals surface area (Å²) in [6, 6.07) is 6.66. The van der Waals surface area contributed by atoms with Crippen LogP contribution in [0.3, 0.4) is 0 Å². The molecule has 1 unspecified atom stereocenters. The molecular formula is C22H27FN9O7P. The number of hydrogen-bond donors (Lipinski definition) is 3. The van der Waals surface area contributed by atoms with E-state index in [4.69, 9.17) is 24.3 Å². The number of carbonyl (C=O) groups excluding carboxylic acids is 1. The van der Waals surface area contributed by atoms with Crippen molar-refractivity contribution in [3.63, 3.8) is 0 Å². The van der Waals surface area contributed by atoms with Crippen molar-refractivity contribution in [3.8, 4) is 5.75 Å². The Labute approximate surface area is 226 Å². The molecule has 0 aliphatic carbocycles. The SMILES string of the molecule is CC(C)OC(=O)[C@H](C)NP(=O)(OC[C@@]1(N=[N+]=[N-])O[C@@H](n2cnc3c(N)ncnc32)[C@H](F)[C@@H]1O)Oc1ccccc1. The summed E-state index contributed by atoms with van der Waals surface area (Å²) in [4.78, 5) is 27.0. The average Bonchev–Trinajstić information content (AvgIpc) is 3.44. The number of hydrogen-bond acceptors (Lipinski definition) is 12. The number of anilines is 1. The van der Waals surface area contributed by atoms with Gasteiger partial charge in [0.05, 0.1) is 19.0 Å². The summed E-state index contributed by atoms with van der Waals surface area (Å²) in [7, 11) is -4.49. The average molecular weight is 579 g/mol. The molecule has 0 spiro atoms. The molecule has 1 aliphatic heterocycles. The number of carbonyl (C=O) groups is 1. The number of alkyl halides is 1. The number of para-hydroxylation sites is 1. The van der Waals surface area contributed by atoms with Gasteiger partial charge in [0, 0.05) is 4.91 Å². The number of nitrogen functional groups attached to an aromatic ring is 1. The van der Waals surface area contributed by atoms with Gasteiger partial charge in [-0.05, 0) is 38.4 Å². The lowest BCUT2D eigenvalue weighted by atomic mass is 10.1. The molecule has 40 heavy (non-hydrogen) atoms. The van der Waals surface area contributed by atoms with Gasteiger partial charge in [-0.25, -0.2) is 23.9 Å². The van der Waals surface area contributed by atoms with E-state index in [0.29, 0.717) is 0 Å². The zero-order valence-corrected chi connectivity index (χ0v) is 22.5. The predicted octanol–water partition coefficient (Wildman–Crippen LogP) is 2.78. The molecule has 18 heteroatoms. The van der Waals surface area contributed by atoms with Crippen LogP contribution in [0.2, 0.25) is 0 Å². The minimum absolute atomic E-state index is 0.0255. The Balaban J connectivity index is 1.62. The lowest BCUT2D eigenvalue weighted by molar-refractivity contribution is -0.149. The highest BCUT2D eigenvalue weighted by molar-refractivity contribution is 7.52. The minimum Gasteiger partial charge on any atom is -0.462 e. The largest absolute Gasteiger partial charge is 0.462 e. The van der Waals surface area contributed by atoms with E-state index < -0.39 is 56.7 Å². The van der Waals surface area contributed by atoms with Crippen molar-refractivity contribution >= 4 is 30.7 Å². The van der Waals surface area contributed by atoms with Gasteiger partial charge >= 0.3 is 13.7 Å². The highest BCUT2D eigenvalue weighted by Crippen LogP contribution is 2.49. The standard InChI is InChI=1S/C22H27FN9O7P/c1-12(2)37-21(34)13(3)29-40(35,39-14-7-5-4-6-8-14)36-9-22(30-31-25)17(33)15(23)20(38-22)32-11-28-16-18(24)26-10-27-19(16)32/h4-8,10-13,15,17,20,33H,9H2,1-3H3,(H,29,35)(H2,24,26,27)/t13-,15+,17-,20+,22+,40?/m0/s1. The van der Waals surface area contributed by atoms with Gasteiger partial charge < -0.3 is 24.8 Å². The van der Waals surface area contributed by atoms with Crippen molar-refractivity contribution in [1.29, 1.82) is 0 Å². The van der Waals surface area contributed by atoms with Crippen LogP contribution in [-0.4, -0.2) is 67.3 Å². The van der Waals surface area contributed by atoms with Gasteiger partial charge in [-0.1, -0.05) is 23.3 Å². The van der Waals surface area contributed by atoms with Crippen LogP contribution in [0, 0.1) is 0 Å². The Morgan fingerprint density at radius 3 is 2.75 bits per heavy atom. The minimum atomic E-state index is -4.49. The molecule has 3 aromatic rings. The summed E-state index contributed by atoms with van der Waals surface area (Å²) in [5, 5.41) is 16.7. The van der Waals surface area contributed by atoms with Gasteiger partial charge in [-0.15, -0.1) is 0 Å². The predicted molar refractivity (Wildman–Crippen MR) is 137 cm³/mol. The third-order valence-corrected chi connectivity index (χ3v) is 7.33. The first-order chi connectivity index (χ1) is 19.0. The fourth-order valence-electron chi connectivity index (χ4n) is 3.83. The number of rotatable bonds is 11. The molecule has 0 bridgehead atoms. The molecule has 4 N–H and O–H groups in total. The number of ether oxygens (including phenoxy) is 2.